The van der Waals surface area contributed by atoms with Crippen molar-refractivity contribution in [2.24, 2.45) is 0 Å². The summed E-state index contributed by atoms with van der Waals surface area (Å²) in [5, 5.41) is 3.97. The fourth-order valence-corrected chi connectivity index (χ4v) is 1.81. The Kier molecular flexibility index (Phi) is 2.99. The number of methoxy groups -OCH3 is 1. The van der Waals surface area contributed by atoms with Crippen molar-refractivity contribution in [3.05, 3.63) is 23.9 Å². The summed E-state index contributed by atoms with van der Waals surface area (Å²) in [4.78, 5) is 4.05. The van der Waals surface area contributed by atoms with Crippen molar-refractivity contribution in [2.75, 3.05) is 18.1 Å². The number of hydrogen-bond acceptors (Lipinski definition) is 5. The van der Waals surface area contributed by atoms with Crippen molar-refractivity contribution in [2.45, 2.75) is 6.61 Å². The topological polar surface area (TPSA) is 85.6 Å². The van der Waals surface area contributed by atoms with E-state index in [9.17, 15) is 8.42 Å². The summed E-state index contributed by atoms with van der Waals surface area (Å²) in [6.07, 6.45) is 2.75. The average Bonchev–Trinajstić information content (AvgIpc) is 2.56. The molecule has 0 saturated carbocycles. The Labute approximate surface area is 98.5 Å². The number of ether oxygens (including phenoxy) is 1. The number of hydrogen-bond donors (Lipinski definition) is 1. The number of anilines is 1. The van der Waals surface area contributed by atoms with Gasteiger partial charge in [-0.2, -0.15) is 4.98 Å². The first-order chi connectivity index (χ1) is 7.98. The lowest BCUT2D eigenvalue weighted by Crippen LogP contribution is -2.10. The first-order valence-electron chi connectivity index (χ1n) is 4.80. The summed E-state index contributed by atoms with van der Waals surface area (Å²) in [5.74, 6) is 0.0575. The van der Waals surface area contributed by atoms with Gasteiger partial charge in [0.05, 0.1) is 12.9 Å². The summed E-state index contributed by atoms with van der Waals surface area (Å²) in [5.41, 5.74) is 1.50. The quantitative estimate of drug-likeness (QED) is 0.847. The van der Waals surface area contributed by atoms with Gasteiger partial charge in [0.15, 0.2) is 5.65 Å². The third-order valence-electron chi connectivity index (χ3n) is 1.99. The summed E-state index contributed by atoms with van der Waals surface area (Å²) >= 11 is 0. The Balaban J connectivity index is 2.37. The first kappa shape index (κ1) is 11.8. The Morgan fingerprint density at radius 3 is 2.94 bits per heavy atom. The summed E-state index contributed by atoms with van der Waals surface area (Å²) < 4.78 is 30.8. The van der Waals surface area contributed by atoms with E-state index in [0.717, 1.165) is 11.8 Å². The molecule has 0 spiro atoms. The SMILES string of the molecule is COCc1ccn2nc(NS(C)(=O)=O)nc2c1. The number of aromatic nitrogens is 3. The van der Waals surface area contributed by atoms with E-state index in [2.05, 4.69) is 14.8 Å². The summed E-state index contributed by atoms with van der Waals surface area (Å²) in [6, 6.07) is 3.61. The number of sulfonamides is 1. The fraction of sp³-hybridized carbons (Fsp3) is 0.333. The predicted molar refractivity (Wildman–Crippen MR) is 62.2 cm³/mol. The second kappa shape index (κ2) is 4.30. The zero-order valence-electron chi connectivity index (χ0n) is 9.41. The van der Waals surface area contributed by atoms with Crippen LogP contribution in [0.4, 0.5) is 5.95 Å². The van der Waals surface area contributed by atoms with E-state index in [4.69, 9.17) is 4.74 Å². The number of nitrogens with zero attached hydrogens (tertiary/aromatic N) is 3. The highest BCUT2D eigenvalue weighted by Crippen LogP contribution is 2.09. The number of nitrogens with one attached hydrogen (secondary N) is 1. The smallest absolute Gasteiger partial charge is 0.256 e. The van der Waals surface area contributed by atoms with E-state index >= 15 is 0 Å². The Morgan fingerprint density at radius 2 is 2.29 bits per heavy atom. The van der Waals surface area contributed by atoms with E-state index in [0.29, 0.717) is 12.3 Å². The van der Waals surface area contributed by atoms with Gasteiger partial charge in [-0.1, -0.05) is 0 Å². The first-order valence-corrected chi connectivity index (χ1v) is 6.69. The molecule has 0 unspecified atom stereocenters. The minimum absolute atomic E-state index is 0.0575. The minimum atomic E-state index is -3.36. The fourth-order valence-electron chi connectivity index (χ4n) is 1.39. The standard InChI is InChI=1S/C9H12N4O3S/c1-16-6-7-3-4-13-8(5-7)10-9(11-13)12-17(2,14)15/h3-5H,6H2,1-2H3,(H,11,12). The highest BCUT2D eigenvalue weighted by Gasteiger charge is 2.08. The van der Waals surface area contributed by atoms with Crippen molar-refractivity contribution >= 4 is 21.6 Å². The van der Waals surface area contributed by atoms with E-state index in [-0.39, 0.29) is 5.95 Å². The highest BCUT2D eigenvalue weighted by molar-refractivity contribution is 7.91. The maximum absolute atomic E-state index is 11.0. The van der Waals surface area contributed by atoms with E-state index in [1.165, 1.54) is 4.52 Å². The van der Waals surface area contributed by atoms with E-state index in [1.807, 2.05) is 6.07 Å². The normalized spacial score (nSPS) is 11.9. The van der Waals surface area contributed by atoms with Crippen LogP contribution in [0.15, 0.2) is 18.3 Å². The molecule has 0 fully saturated rings. The van der Waals surface area contributed by atoms with Gasteiger partial charge in [0.2, 0.25) is 10.0 Å². The Hall–Kier alpha value is -1.67. The molecule has 0 radical (unpaired) electrons. The van der Waals surface area contributed by atoms with Crippen LogP contribution < -0.4 is 4.72 Å². The van der Waals surface area contributed by atoms with Crippen LogP contribution in [0.1, 0.15) is 5.56 Å². The molecule has 0 aliphatic heterocycles. The lowest BCUT2D eigenvalue weighted by Gasteiger charge is -1.98. The molecule has 0 amide bonds. The lowest BCUT2D eigenvalue weighted by atomic mass is 10.3. The third-order valence-corrected chi connectivity index (χ3v) is 2.54. The molecule has 2 rings (SSSR count). The van der Waals surface area contributed by atoms with Gasteiger partial charge >= 0.3 is 0 Å². The molecule has 7 nitrogen and oxygen atoms in total. The van der Waals surface area contributed by atoms with E-state index in [1.54, 1.807) is 19.4 Å². The van der Waals surface area contributed by atoms with Crippen molar-refractivity contribution < 1.29 is 13.2 Å². The average molecular weight is 256 g/mol. The zero-order valence-corrected chi connectivity index (χ0v) is 10.2. The van der Waals surface area contributed by atoms with Gasteiger partial charge < -0.3 is 4.74 Å². The van der Waals surface area contributed by atoms with Crippen LogP contribution in [0.25, 0.3) is 5.65 Å². The molecule has 0 aromatic carbocycles. The van der Waals surface area contributed by atoms with Crippen LogP contribution in [-0.2, 0) is 21.4 Å². The number of pyridine rings is 1. The van der Waals surface area contributed by atoms with Crippen molar-refractivity contribution in [3.63, 3.8) is 0 Å². The maximum atomic E-state index is 11.0. The predicted octanol–water partition coefficient (Wildman–Crippen LogP) is 0.247. The molecule has 1 N–H and O–H groups in total. The van der Waals surface area contributed by atoms with Crippen molar-refractivity contribution in [1.82, 2.24) is 14.6 Å². The molecule has 2 aromatic rings. The second-order valence-corrected chi connectivity index (χ2v) is 5.33. The van der Waals surface area contributed by atoms with Gasteiger partial charge in [-0.3, -0.25) is 4.72 Å². The Morgan fingerprint density at radius 1 is 1.53 bits per heavy atom. The molecule has 0 aliphatic carbocycles. The van der Waals surface area contributed by atoms with Crippen LogP contribution >= 0.6 is 0 Å². The van der Waals surface area contributed by atoms with Crippen LogP contribution in [-0.4, -0.2) is 36.4 Å². The van der Waals surface area contributed by atoms with Gasteiger partial charge in [0, 0.05) is 13.3 Å². The molecule has 17 heavy (non-hydrogen) atoms. The second-order valence-electron chi connectivity index (χ2n) is 3.58. The largest absolute Gasteiger partial charge is 0.380 e. The van der Waals surface area contributed by atoms with Crippen molar-refractivity contribution in [1.29, 1.82) is 0 Å². The lowest BCUT2D eigenvalue weighted by molar-refractivity contribution is 0.185. The molecule has 8 heteroatoms. The van der Waals surface area contributed by atoms with E-state index < -0.39 is 10.0 Å². The molecule has 2 aromatic heterocycles. The Bertz CT molecular complexity index is 635. The molecular formula is C9H12N4O3S. The molecule has 0 bridgehead atoms. The molecule has 92 valence electrons. The molecule has 0 atom stereocenters. The molecule has 2 heterocycles. The highest BCUT2D eigenvalue weighted by atomic mass is 32.2. The number of fused-ring (bicyclic) bond motifs is 1. The number of rotatable bonds is 4. The molecule has 0 saturated heterocycles. The van der Waals surface area contributed by atoms with Crippen LogP contribution in [0.5, 0.6) is 0 Å². The minimum Gasteiger partial charge on any atom is -0.380 e. The van der Waals surface area contributed by atoms with Gasteiger partial charge in [-0.25, -0.2) is 12.9 Å². The van der Waals surface area contributed by atoms with Crippen molar-refractivity contribution in [3.8, 4) is 0 Å². The van der Waals surface area contributed by atoms with Crippen LogP contribution in [0.2, 0.25) is 0 Å². The molecule has 0 aliphatic rings. The monoisotopic (exact) mass is 256 g/mol. The van der Waals surface area contributed by atoms with Gasteiger partial charge in [0.25, 0.3) is 5.95 Å². The summed E-state index contributed by atoms with van der Waals surface area (Å²) in [7, 11) is -1.76. The molecular weight excluding hydrogens is 244 g/mol. The summed E-state index contributed by atoms with van der Waals surface area (Å²) in [6.45, 7) is 0.470. The van der Waals surface area contributed by atoms with Crippen LogP contribution in [0.3, 0.4) is 0 Å². The zero-order chi connectivity index (χ0) is 12.5. The third kappa shape index (κ3) is 2.92. The van der Waals surface area contributed by atoms with Crippen LogP contribution in [0, 0.1) is 0 Å². The van der Waals surface area contributed by atoms with Gasteiger partial charge in [0.1, 0.15) is 0 Å². The maximum Gasteiger partial charge on any atom is 0.256 e. The van der Waals surface area contributed by atoms with Gasteiger partial charge in [-0.15, -0.1) is 5.10 Å². The van der Waals surface area contributed by atoms with Gasteiger partial charge in [-0.05, 0) is 17.7 Å².